The molecule has 6 heteroatoms. The molecular weight excluding hydrogens is 440 g/mol. The second kappa shape index (κ2) is 8.56. The number of nitrogens with one attached hydrogen (secondary N) is 1. The Morgan fingerprint density at radius 2 is 1.65 bits per heavy atom. The number of thioether (sulfide) groups is 1. The normalized spacial score (nSPS) is 27.2. The first-order valence-corrected chi connectivity index (χ1v) is 13.5. The molecule has 7 rings (SSSR count). The van der Waals surface area contributed by atoms with E-state index in [4.69, 9.17) is 0 Å². The number of nitrogens with zero attached hydrogens (tertiary/aromatic N) is 3. The summed E-state index contributed by atoms with van der Waals surface area (Å²) in [5.74, 6) is 3.75. The van der Waals surface area contributed by atoms with Crippen molar-refractivity contribution < 1.29 is 4.79 Å². The molecule has 4 bridgehead atoms. The second-order valence-corrected chi connectivity index (χ2v) is 11.8. The molecule has 1 N–H and O–H groups in total. The van der Waals surface area contributed by atoms with E-state index in [-0.39, 0.29) is 11.4 Å². The minimum absolute atomic E-state index is 0.0450. The van der Waals surface area contributed by atoms with Crippen molar-refractivity contribution in [3.8, 4) is 17.1 Å². The molecule has 4 aliphatic rings. The lowest BCUT2D eigenvalue weighted by Crippen LogP contribution is -2.60. The molecule has 1 aromatic heterocycles. The van der Waals surface area contributed by atoms with Gasteiger partial charge in [0.05, 0.1) is 11.4 Å². The van der Waals surface area contributed by atoms with Gasteiger partial charge in [0.1, 0.15) is 0 Å². The van der Waals surface area contributed by atoms with E-state index in [1.165, 1.54) is 61.4 Å². The maximum Gasteiger partial charge on any atom is 0.230 e. The summed E-state index contributed by atoms with van der Waals surface area (Å²) in [4.78, 5) is 13.1. The highest BCUT2D eigenvalue weighted by Gasteiger charge is 2.51. The molecule has 4 aliphatic carbocycles. The van der Waals surface area contributed by atoms with Crippen molar-refractivity contribution in [1.82, 2.24) is 20.1 Å². The standard InChI is InChI=1S/C28H32N4OS/c1-18-8-9-24(10-19(18)2)32-26(23-6-4-3-5-7-23)30-31-27(32)34-17-25(33)29-28-14-20-11-21(15-28)13-22(12-20)16-28/h3-10,20-22H,11-17H2,1-2H3,(H,29,33). The maximum absolute atomic E-state index is 13.1. The van der Waals surface area contributed by atoms with E-state index in [9.17, 15) is 4.79 Å². The van der Waals surface area contributed by atoms with Crippen molar-refractivity contribution in [2.45, 2.75) is 63.1 Å². The largest absolute Gasteiger partial charge is 0.350 e. The summed E-state index contributed by atoms with van der Waals surface area (Å²) in [6, 6.07) is 16.5. The molecule has 5 nitrogen and oxygen atoms in total. The van der Waals surface area contributed by atoms with E-state index in [0.29, 0.717) is 5.75 Å². The second-order valence-electron chi connectivity index (χ2n) is 10.8. The molecule has 0 unspecified atom stereocenters. The van der Waals surface area contributed by atoms with Crippen LogP contribution in [-0.2, 0) is 4.79 Å². The Morgan fingerprint density at radius 3 is 2.29 bits per heavy atom. The SMILES string of the molecule is Cc1ccc(-n2c(SCC(=O)NC34CC5CC(CC(C5)C3)C4)nnc2-c2ccccc2)cc1C. The van der Waals surface area contributed by atoms with Gasteiger partial charge in [0.25, 0.3) is 0 Å². The molecule has 0 atom stereocenters. The number of carbonyl (C=O) groups is 1. The summed E-state index contributed by atoms with van der Waals surface area (Å²) in [7, 11) is 0. The lowest BCUT2D eigenvalue weighted by atomic mass is 9.53. The Bertz CT molecular complexity index is 1180. The first kappa shape index (κ1) is 21.9. The van der Waals surface area contributed by atoms with E-state index < -0.39 is 0 Å². The van der Waals surface area contributed by atoms with Crippen molar-refractivity contribution in [3.05, 3.63) is 59.7 Å². The van der Waals surface area contributed by atoms with Crippen LogP contribution in [0, 0.1) is 31.6 Å². The summed E-state index contributed by atoms with van der Waals surface area (Å²) in [6.45, 7) is 4.24. The Morgan fingerprint density at radius 1 is 0.971 bits per heavy atom. The number of aryl methyl sites for hydroxylation is 2. The van der Waals surface area contributed by atoms with Crippen LogP contribution in [0.3, 0.4) is 0 Å². The van der Waals surface area contributed by atoms with E-state index in [0.717, 1.165) is 40.0 Å². The Labute approximate surface area is 205 Å². The summed E-state index contributed by atoms with van der Waals surface area (Å²) in [5.41, 5.74) is 4.56. The number of benzene rings is 2. The van der Waals surface area contributed by atoms with Gasteiger partial charge in [-0.15, -0.1) is 10.2 Å². The Balaban J connectivity index is 1.24. The number of aromatic nitrogens is 3. The minimum atomic E-state index is 0.0450. The van der Waals surface area contributed by atoms with Gasteiger partial charge < -0.3 is 5.32 Å². The zero-order valence-electron chi connectivity index (χ0n) is 20.0. The molecule has 0 saturated heterocycles. The van der Waals surface area contributed by atoms with Gasteiger partial charge in [0.2, 0.25) is 5.91 Å². The zero-order chi connectivity index (χ0) is 23.3. The van der Waals surface area contributed by atoms with E-state index in [1.807, 2.05) is 18.2 Å². The number of rotatable bonds is 6. The first-order valence-electron chi connectivity index (χ1n) is 12.5. The molecule has 4 saturated carbocycles. The van der Waals surface area contributed by atoms with E-state index >= 15 is 0 Å². The quantitative estimate of drug-likeness (QED) is 0.466. The van der Waals surface area contributed by atoms with E-state index in [2.05, 4.69) is 64.3 Å². The van der Waals surface area contributed by atoms with Crippen LogP contribution in [0.15, 0.2) is 53.7 Å². The van der Waals surface area contributed by atoms with Gasteiger partial charge in [0.15, 0.2) is 11.0 Å². The highest BCUT2D eigenvalue weighted by Crippen LogP contribution is 2.55. The lowest BCUT2D eigenvalue weighted by Gasteiger charge is -2.56. The maximum atomic E-state index is 13.1. The third-order valence-electron chi connectivity index (χ3n) is 8.19. The molecule has 1 heterocycles. The number of carbonyl (C=O) groups excluding carboxylic acids is 1. The van der Waals surface area contributed by atoms with Crippen molar-refractivity contribution in [2.24, 2.45) is 17.8 Å². The number of hydrogen-bond acceptors (Lipinski definition) is 4. The minimum Gasteiger partial charge on any atom is -0.350 e. The van der Waals surface area contributed by atoms with Crippen LogP contribution in [0.5, 0.6) is 0 Å². The highest BCUT2D eigenvalue weighted by molar-refractivity contribution is 7.99. The topological polar surface area (TPSA) is 59.8 Å². The van der Waals surface area contributed by atoms with Gasteiger partial charge in [-0.1, -0.05) is 48.2 Å². The average molecular weight is 473 g/mol. The molecule has 4 fully saturated rings. The van der Waals surface area contributed by atoms with Gasteiger partial charge >= 0.3 is 0 Å². The molecule has 34 heavy (non-hydrogen) atoms. The van der Waals surface area contributed by atoms with Crippen LogP contribution < -0.4 is 5.32 Å². The summed E-state index contributed by atoms with van der Waals surface area (Å²) < 4.78 is 2.09. The molecule has 0 aliphatic heterocycles. The first-order chi connectivity index (χ1) is 16.5. The van der Waals surface area contributed by atoms with Crippen molar-refractivity contribution in [1.29, 1.82) is 0 Å². The lowest BCUT2D eigenvalue weighted by molar-refractivity contribution is -0.124. The Hall–Kier alpha value is -2.60. The van der Waals surface area contributed by atoms with Crippen LogP contribution in [0.2, 0.25) is 0 Å². The summed E-state index contributed by atoms with van der Waals surface area (Å²) in [5, 5.41) is 13.3. The smallest absolute Gasteiger partial charge is 0.230 e. The molecular formula is C28H32N4OS. The molecule has 176 valence electrons. The highest BCUT2D eigenvalue weighted by atomic mass is 32.2. The van der Waals surface area contributed by atoms with Crippen LogP contribution >= 0.6 is 11.8 Å². The summed E-state index contributed by atoms with van der Waals surface area (Å²) >= 11 is 1.48. The van der Waals surface area contributed by atoms with Gasteiger partial charge in [-0.3, -0.25) is 9.36 Å². The molecule has 2 aromatic carbocycles. The van der Waals surface area contributed by atoms with Crippen molar-refractivity contribution in [2.75, 3.05) is 5.75 Å². The van der Waals surface area contributed by atoms with Crippen molar-refractivity contribution >= 4 is 17.7 Å². The van der Waals surface area contributed by atoms with Crippen molar-refractivity contribution in [3.63, 3.8) is 0 Å². The van der Waals surface area contributed by atoms with Gasteiger partial charge in [-0.05, 0) is 93.4 Å². The van der Waals surface area contributed by atoms with Crippen LogP contribution in [0.25, 0.3) is 17.1 Å². The molecule has 0 spiro atoms. The third-order valence-corrected chi connectivity index (χ3v) is 9.12. The zero-order valence-corrected chi connectivity index (χ0v) is 20.8. The molecule has 0 radical (unpaired) electrons. The summed E-state index contributed by atoms with van der Waals surface area (Å²) in [6.07, 6.45) is 7.66. The van der Waals surface area contributed by atoms with Gasteiger partial charge in [-0.2, -0.15) is 0 Å². The van der Waals surface area contributed by atoms with Crippen LogP contribution in [0.1, 0.15) is 49.7 Å². The molecule has 1 amide bonds. The third kappa shape index (κ3) is 4.06. The predicted molar refractivity (Wildman–Crippen MR) is 136 cm³/mol. The average Bonchev–Trinajstić information content (AvgIpc) is 3.23. The Kier molecular flexibility index (Phi) is 5.51. The van der Waals surface area contributed by atoms with Gasteiger partial charge in [0, 0.05) is 11.1 Å². The molecule has 3 aromatic rings. The van der Waals surface area contributed by atoms with E-state index in [1.54, 1.807) is 0 Å². The monoisotopic (exact) mass is 472 g/mol. The fourth-order valence-corrected chi connectivity index (χ4v) is 7.71. The fraction of sp³-hybridized carbons (Fsp3) is 0.464. The van der Waals surface area contributed by atoms with Crippen LogP contribution in [0.4, 0.5) is 0 Å². The number of amides is 1. The van der Waals surface area contributed by atoms with Crippen LogP contribution in [-0.4, -0.2) is 32.0 Å². The van der Waals surface area contributed by atoms with Gasteiger partial charge in [-0.25, -0.2) is 0 Å². The number of hydrogen-bond donors (Lipinski definition) is 1. The fourth-order valence-electron chi connectivity index (χ4n) is 6.96. The predicted octanol–water partition coefficient (Wildman–Crippen LogP) is 5.73.